The van der Waals surface area contributed by atoms with Gasteiger partial charge < -0.3 is 4.74 Å². The molecule has 1 aromatic heterocycles. The van der Waals surface area contributed by atoms with E-state index in [4.69, 9.17) is 4.74 Å². The van der Waals surface area contributed by atoms with E-state index in [-0.39, 0.29) is 24.3 Å². The highest BCUT2D eigenvalue weighted by atomic mass is 32.2. The molecule has 3 atom stereocenters. The maximum Gasteiger partial charge on any atom is 0.309 e. The number of hydrogen-bond acceptors (Lipinski definition) is 6. The molecule has 26 heavy (non-hydrogen) atoms. The monoisotopic (exact) mass is 410 g/mol. The molecule has 142 valence electrons. The van der Waals surface area contributed by atoms with Gasteiger partial charge in [0, 0.05) is 16.4 Å². The average molecular weight is 411 g/mol. The largest absolute Gasteiger partial charge is 0.457 e. The van der Waals surface area contributed by atoms with E-state index in [0.29, 0.717) is 20.8 Å². The zero-order chi connectivity index (χ0) is 18.1. The molecule has 1 spiro atoms. The van der Waals surface area contributed by atoms with Crippen molar-refractivity contribution in [3.8, 4) is 0 Å². The van der Waals surface area contributed by atoms with Crippen LogP contribution in [0, 0.1) is 17.8 Å². The van der Waals surface area contributed by atoms with Crippen molar-refractivity contribution in [3.05, 3.63) is 21.9 Å². The van der Waals surface area contributed by atoms with Gasteiger partial charge in [-0.2, -0.15) is 0 Å². The number of esters is 1. The van der Waals surface area contributed by atoms with Crippen LogP contribution in [-0.2, 0) is 16.0 Å². The van der Waals surface area contributed by atoms with Crippen LogP contribution in [0.5, 0.6) is 0 Å². The number of thiophene rings is 1. The van der Waals surface area contributed by atoms with Crippen LogP contribution in [0.3, 0.4) is 0 Å². The molecule has 1 unspecified atom stereocenters. The summed E-state index contributed by atoms with van der Waals surface area (Å²) < 4.78 is 5.83. The van der Waals surface area contributed by atoms with Crippen LogP contribution in [0.4, 0.5) is 0 Å². The van der Waals surface area contributed by atoms with Gasteiger partial charge in [0.15, 0.2) is 6.61 Å². The smallest absolute Gasteiger partial charge is 0.309 e. The number of ether oxygens (including phenoxy) is 1. The average Bonchev–Trinajstić information content (AvgIpc) is 3.29. The fourth-order valence-electron chi connectivity index (χ4n) is 4.85. The lowest BCUT2D eigenvalue weighted by Gasteiger charge is -2.51. The van der Waals surface area contributed by atoms with E-state index in [2.05, 4.69) is 30.4 Å². The van der Waals surface area contributed by atoms with E-state index in [1.807, 2.05) is 12.1 Å². The SMILES string of the molecule is CCc1ccc(C(=O)COC(=O)C2C[C@H]3CCC[C@@H](C2)C32SCCS2)s1. The highest BCUT2D eigenvalue weighted by Gasteiger charge is 2.55. The molecule has 2 bridgehead atoms. The number of thioether (sulfide) groups is 2. The van der Waals surface area contributed by atoms with Crippen molar-refractivity contribution in [2.24, 2.45) is 17.8 Å². The van der Waals surface area contributed by atoms with Crippen molar-refractivity contribution in [1.82, 2.24) is 0 Å². The molecule has 0 aromatic carbocycles. The Morgan fingerprint density at radius 1 is 1.15 bits per heavy atom. The van der Waals surface area contributed by atoms with Crippen molar-refractivity contribution >= 4 is 46.6 Å². The predicted molar refractivity (Wildman–Crippen MR) is 110 cm³/mol. The molecule has 1 saturated heterocycles. The summed E-state index contributed by atoms with van der Waals surface area (Å²) in [5, 5.41) is 0. The molecule has 2 heterocycles. The van der Waals surface area contributed by atoms with Crippen LogP contribution in [-0.4, -0.2) is 33.9 Å². The van der Waals surface area contributed by atoms with E-state index in [1.54, 1.807) is 0 Å². The molecule has 0 amide bonds. The van der Waals surface area contributed by atoms with Gasteiger partial charge in [-0.1, -0.05) is 13.3 Å². The molecule has 0 radical (unpaired) electrons. The topological polar surface area (TPSA) is 43.4 Å². The second-order valence-corrected chi connectivity index (χ2v) is 11.7. The summed E-state index contributed by atoms with van der Waals surface area (Å²) >= 11 is 5.81. The Morgan fingerprint density at radius 2 is 1.85 bits per heavy atom. The van der Waals surface area contributed by atoms with Gasteiger partial charge in [-0.15, -0.1) is 34.9 Å². The van der Waals surface area contributed by atoms with Gasteiger partial charge in [-0.25, -0.2) is 0 Å². The van der Waals surface area contributed by atoms with Crippen LogP contribution < -0.4 is 0 Å². The van der Waals surface area contributed by atoms with Crippen LogP contribution in [0.25, 0.3) is 0 Å². The summed E-state index contributed by atoms with van der Waals surface area (Å²) in [7, 11) is 0. The molecular weight excluding hydrogens is 384 g/mol. The molecule has 3 nitrogen and oxygen atoms in total. The summed E-state index contributed by atoms with van der Waals surface area (Å²) in [5.41, 5.74) is 0. The van der Waals surface area contributed by atoms with Gasteiger partial charge in [0.05, 0.1) is 14.9 Å². The normalized spacial score (nSPS) is 29.7. The Hall–Kier alpha value is -0.460. The van der Waals surface area contributed by atoms with Crippen LogP contribution in [0.2, 0.25) is 0 Å². The van der Waals surface area contributed by atoms with E-state index in [9.17, 15) is 9.59 Å². The summed E-state index contributed by atoms with van der Waals surface area (Å²) in [6.45, 7) is 1.97. The fourth-order valence-corrected chi connectivity index (χ4v) is 9.65. The van der Waals surface area contributed by atoms with E-state index in [1.165, 1.54) is 47.0 Å². The Labute approximate surface area is 168 Å². The zero-order valence-electron chi connectivity index (χ0n) is 15.2. The molecule has 3 fully saturated rings. The number of rotatable bonds is 5. The Bertz CT molecular complexity index is 662. The number of carbonyl (C=O) groups excluding carboxylic acids is 2. The van der Waals surface area contributed by atoms with Crippen LogP contribution >= 0.6 is 34.9 Å². The molecule has 4 rings (SSSR count). The first kappa shape index (κ1) is 18.9. The minimum atomic E-state index is -0.148. The van der Waals surface area contributed by atoms with Crippen LogP contribution in [0.1, 0.15) is 53.6 Å². The predicted octanol–water partition coefficient (Wildman–Crippen LogP) is 5.04. The fraction of sp³-hybridized carbons (Fsp3) is 0.700. The maximum atomic E-state index is 12.6. The molecule has 3 aliphatic rings. The van der Waals surface area contributed by atoms with Crippen molar-refractivity contribution in [3.63, 3.8) is 0 Å². The second-order valence-electron chi connectivity index (χ2n) is 7.56. The van der Waals surface area contributed by atoms with Crippen molar-refractivity contribution in [1.29, 1.82) is 0 Å². The highest BCUT2D eigenvalue weighted by Crippen LogP contribution is 2.64. The Morgan fingerprint density at radius 3 is 2.46 bits per heavy atom. The summed E-state index contributed by atoms with van der Waals surface area (Å²) in [4.78, 5) is 26.8. The molecular formula is C20H26O3S3. The van der Waals surface area contributed by atoms with E-state index >= 15 is 0 Å². The van der Waals surface area contributed by atoms with Gasteiger partial charge in [0.2, 0.25) is 5.78 Å². The summed E-state index contributed by atoms with van der Waals surface area (Å²) in [6, 6.07) is 3.83. The maximum absolute atomic E-state index is 12.6. The first-order valence-electron chi connectivity index (χ1n) is 9.69. The number of hydrogen-bond donors (Lipinski definition) is 0. The lowest BCUT2D eigenvalue weighted by atomic mass is 9.67. The van der Waals surface area contributed by atoms with Gasteiger partial charge in [0.1, 0.15) is 0 Å². The van der Waals surface area contributed by atoms with E-state index in [0.717, 1.165) is 19.3 Å². The zero-order valence-corrected chi connectivity index (χ0v) is 17.6. The molecule has 1 aliphatic heterocycles. The highest BCUT2D eigenvalue weighted by molar-refractivity contribution is 8.21. The van der Waals surface area contributed by atoms with Crippen molar-refractivity contribution in [2.45, 2.75) is 49.5 Å². The number of ketones is 1. The number of Topliss-reactive ketones (excluding diaryl/α,β-unsaturated/α-hetero) is 1. The minimum Gasteiger partial charge on any atom is -0.457 e. The first-order chi connectivity index (χ1) is 12.6. The summed E-state index contributed by atoms with van der Waals surface area (Å²) in [5.74, 6) is 3.53. The minimum absolute atomic E-state index is 0.0138. The number of carbonyl (C=O) groups is 2. The standard InChI is InChI=1S/C20H26O3S3/c1-2-16-6-7-18(26-16)17(21)12-23-19(22)13-10-14-4-3-5-15(11-13)20(14)24-8-9-25-20/h6-7,13-15H,2-5,8-12H2,1H3/t13?,14-,15+. The van der Waals surface area contributed by atoms with Gasteiger partial charge in [0.25, 0.3) is 0 Å². The molecule has 1 aromatic rings. The third-order valence-corrected chi connectivity index (χ3v) is 11.4. The molecule has 2 aliphatic carbocycles. The van der Waals surface area contributed by atoms with Gasteiger partial charge in [-0.05, 0) is 56.1 Å². The first-order valence-corrected chi connectivity index (χ1v) is 12.5. The molecule has 0 N–H and O–H groups in total. The van der Waals surface area contributed by atoms with Crippen molar-refractivity contribution in [2.75, 3.05) is 18.1 Å². The third kappa shape index (κ3) is 3.49. The van der Waals surface area contributed by atoms with E-state index < -0.39 is 0 Å². The Balaban J connectivity index is 1.35. The Kier molecular flexibility index (Phi) is 5.72. The van der Waals surface area contributed by atoms with Gasteiger partial charge >= 0.3 is 5.97 Å². The quantitative estimate of drug-likeness (QED) is 0.503. The lowest BCUT2D eigenvalue weighted by molar-refractivity contribution is -0.150. The molecule has 6 heteroatoms. The van der Waals surface area contributed by atoms with Crippen molar-refractivity contribution < 1.29 is 14.3 Å². The second kappa shape index (κ2) is 7.88. The lowest BCUT2D eigenvalue weighted by Crippen LogP contribution is -2.48. The van der Waals surface area contributed by atoms with Gasteiger partial charge in [-0.3, -0.25) is 9.59 Å². The van der Waals surface area contributed by atoms with Crippen LogP contribution in [0.15, 0.2) is 12.1 Å². The summed E-state index contributed by atoms with van der Waals surface area (Å²) in [6.07, 6.45) is 6.62. The third-order valence-electron chi connectivity index (χ3n) is 6.08. The molecule has 2 saturated carbocycles. The number of aryl methyl sites for hydroxylation is 1.